The fourth-order valence-electron chi connectivity index (χ4n) is 3.11. The largest absolute Gasteiger partial charge is 0.324 e. The molecule has 0 aromatic carbocycles. The second kappa shape index (κ2) is 7.62. The Kier molecular flexibility index (Phi) is 6.85. The molecule has 1 fully saturated rings. The number of rotatable bonds is 8. The van der Waals surface area contributed by atoms with Crippen LogP contribution in [0, 0.1) is 11.8 Å². The quantitative estimate of drug-likeness (QED) is 0.534. The average molecular weight is 258 g/mol. The summed E-state index contributed by atoms with van der Waals surface area (Å²) in [7, 11) is -1.84. The van der Waals surface area contributed by atoms with E-state index in [9.17, 15) is 4.57 Å². The second-order valence-corrected chi connectivity index (χ2v) is 9.44. The predicted octanol–water partition coefficient (Wildman–Crippen LogP) is 5.39. The molecule has 0 aliphatic heterocycles. The zero-order valence-electron chi connectivity index (χ0n) is 12.1. The van der Waals surface area contributed by atoms with E-state index in [1.807, 2.05) is 0 Å². The van der Waals surface area contributed by atoms with Crippen LogP contribution in [0.5, 0.6) is 0 Å². The maximum Gasteiger partial charge on any atom is 0.0880 e. The van der Waals surface area contributed by atoms with Crippen LogP contribution in [-0.4, -0.2) is 18.5 Å². The molecule has 0 spiro atoms. The van der Waals surface area contributed by atoms with Gasteiger partial charge in [0, 0.05) is 18.5 Å². The van der Waals surface area contributed by atoms with Crippen LogP contribution in [0.25, 0.3) is 0 Å². The van der Waals surface area contributed by atoms with Gasteiger partial charge in [0.2, 0.25) is 0 Å². The van der Waals surface area contributed by atoms with E-state index in [1.165, 1.54) is 44.9 Å². The first kappa shape index (κ1) is 15.3. The highest BCUT2D eigenvalue weighted by atomic mass is 31.2. The molecule has 0 bridgehead atoms. The van der Waals surface area contributed by atoms with Crippen LogP contribution in [0.15, 0.2) is 0 Å². The zero-order valence-corrected chi connectivity index (χ0v) is 13.0. The van der Waals surface area contributed by atoms with E-state index < -0.39 is 7.14 Å². The lowest BCUT2D eigenvalue weighted by molar-refractivity contribution is 0.451. The van der Waals surface area contributed by atoms with Crippen LogP contribution in [-0.2, 0) is 4.57 Å². The van der Waals surface area contributed by atoms with Crippen LogP contribution in [0.2, 0.25) is 0 Å². The van der Waals surface area contributed by atoms with Crippen LogP contribution >= 0.6 is 7.14 Å². The molecule has 2 atom stereocenters. The smallest absolute Gasteiger partial charge is 0.0880 e. The molecule has 17 heavy (non-hydrogen) atoms. The Morgan fingerprint density at radius 3 is 2.06 bits per heavy atom. The van der Waals surface area contributed by atoms with Gasteiger partial charge in [-0.15, -0.1) is 0 Å². The van der Waals surface area contributed by atoms with E-state index in [4.69, 9.17) is 0 Å². The summed E-state index contributed by atoms with van der Waals surface area (Å²) in [5.74, 6) is 1.60. The lowest BCUT2D eigenvalue weighted by atomic mass is 10.0. The lowest BCUT2D eigenvalue weighted by Crippen LogP contribution is -2.13. The fraction of sp³-hybridized carbons (Fsp3) is 1.00. The molecule has 0 radical (unpaired) electrons. The van der Waals surface area contributed by atoms with E-state index in [1.54, 1.807) is 0 Å². The molecule has 0 heterocycles. The summed E-state index contributed by atoms with van der Waals surface area (Å²) in [5, 5.41) is 0. The molecule has 2 unspecified atom stereocenters. The van der Waals surface area contributed by atoms with Gasteiger partial charge in [0.05, 0.1) is 7.14 Å². The van der Waals surface area contributed by atoms with Crippen molar-refractivity contribution in [3.63, 3.8) is 0 Å². The predicted molar refractivity (Wildman–Crippen MR) is 78.5 cm³/mol. The molecule has 1 nitrogen and oxygen atoms in total. The van der Waals surface area contributed by atoms with Crippen LogP contribution in [0.3, 0.4) is 0 Å². The van der Waals surface area contributed by atoms with Gasteiger partial charge in [0.1, 0.15) is 0 Å². The Morgan fingerprint density at radius 2 is 1.65 bits per heavy atom. The molecule has 0 aromatic rings. The van der Waals surface area contributed by atoms with Crippen LogP contribution in [0.1, 0.15) is 65.7 Å². The summed E-state index contributed by atoms with van der Waals surface area (Å²) in [5.41, 5.74) is 0. The molecule has 1 saturated carbocycles. The first-order chi connectivity index (χ1) is 8.11. The molecule has 2 heteroatoms. The summed E-state index contributed by atoms with van der Waals surface area (Å²) >= 11 is 0. The third kappa shape index (κ3) is 5.16. The van der Waals surface area contributed by atoms with Crippen molar-refractivity contribution in [3.05, 3.63) is 0 Å². The Labute approximate surface area is 108 Å². The Balaban J connectivity index is 2.52. The highest BCUT2D eigenvalue weighted by Gasteiger charge is 2.31. The normalized spacial score (nSPS) is 25.4. The molecule has 1 aliphatic rings. The maximum atomic E-state index is 13.0. The molecule has 0 aromatic heterocycles. The van der Waals surface area contributed by atoms with Crippen molar-refractivity contribution >= 4 is 7.14 Å². The summed E-state index contributed by atoms with van der Waals surface area (Å²) < 4.78 is 13.0. The van der Waals surface area contributed by atoms with Gasteiger partial charge in [0.15, 0.2) is 0 Å². The molecular formula is C15H31OP. The third-order valence-electron chi connectivity index (χ3n) is 4.44. The molecule has 0 amide bonds. The minimum atomic E-state index is -1.84. The van der Waals surface area contributed by atoms with Gasteiger partial charge in [-0.3, -0.25) is 0 Å². The molecule has 1 aliphatic carbocycles. The summed E-state index contributed by atoms with van der Waals surface area (Å²) in [6.07, 6.45) is 11.9. The topological polar surface area (TPSA) is 17.1 Å². The van der Waals surface area contributed by atoms with Crippen LogP contribution < -0.4 is 0 Å². The standard InChI is InChI=1S/C15H31OP/c1-4-6-11-17(16,12-7-5-2)13-15-10-8-9-14(15)3/h14-15H,4-13H2,1-3H3. The van der Waals surface area contributed by atoms with Crippen molar-refractivity contribution in [2.45, 2.75) is 65.7 Å². The summed E-state index contributed by atoms with van der Waals surface area (Å²) in [6.45, 7) is 6.78. The van der Waals surface area contributed by atoms with Crippen molar-refractivity contribution in [1.29, 1.82) is 0 Å². The minimum Gasteiger partial charge on any atom is -0.324 e. The first-order valence-corrected chi connectivity index (χ1v) is 9.94. The van der Waals surface area contributed by atoms with Gasteiger partial charge in [0.25, 0.3) is 0 Å². The van der Waals surface area contributed by atoms with E-state index in [-0.39, 0.29) is 0 Å². The van der Waals surface area contributed by atoms with Gasteiger partial charge in [-0.25, -0.2) is 0 Å². The summed E-state index contributed by atoms with van der Waals surface area (Å²) in [4.78, 5) is 0. The van der Waals surface area contributed by atoms with Gasteiger partial charge < -0.3 is 4.57 Å². The second-order valence-electron chi connectivity index (χ2n) is 6.06. The molecule has 0 N–H and O–H groups in total. The van der Waals surface area contributed by atoms with E-state index in [0.29, 0.717) is 0 Å². The zero-order chi connectivity index (χ0) is 12.7. The first-order valence-electron chi connectivity index (χ1n) is 7.68. The highest BCUT2D eigenvalue weighted by Crippen LogP contribution is 2.52. The monoisotopic (exact) mass is 258 g/mol. The Morgan fingerprint density at radius 1 is 1.06 bits per heavy atom. The molecule has 1 rings (SSSR count). The Bertz CT molecular complexity index is 237. The number of unbranched alkanes of at least 4 members (excludes halogenated alkanes) is 2. The number of hydrogen-bond acceptors (Lipinski definition) is 1. The molecule has 102 valence electrons. The fourth-order valence-corrected chi connectivity index (χ4v) is 6.88. The average Bonchev–Trinajstić information content (AvgIpc) is 2.70. The van der Waals surface area contributed by atoms with Gasteiger partial charge in [-0.2, -0.15) is 0 Å². The number of hydrogen-bond donors (Lipinski definition) is 0. The lowest BCUT2D eigenvalue weighted by Gasteiger charge is -2.24. The highest BCUT2D eigenvalue weighted by molar-refractivity contribution is 7.63. The third-order valence-corrected chi connectivity index (χ3v) is 7.84. The van der Waals surface area contributed by atoms with Crippen molar-refractivity contribution in [3.8, 4) is 0 Å². The van der Waals surface area contributed by atoms with Crippen LogP contribution in [0.4, 0.5) is 0 Å². The van der Waals surface area contributed by atoms with Gasteiger partial charge in [-0.1, -0.05) is 46.5 Å². The van der Waals surface area contributed by atoms with E-state index >= 15 is 0 Å². The SMILES string of the molecule is CCCCP(=O)(CCCC)CC1CCCC1C. The van der Waals surface area contributed by atoms with E-state index in [2.05, 4.69) is 20.8 Å². The van der Waals surface area contributed by atoms with Crippen molar-refractivity contribution in [2.75, 3.05) is 18.5 Å². The maximum absolute atomic E-state index is 13.0. The van der Waals surface area contributed by atoms with Crippen molar-refractivity contribution in [2.24, 2.45) is 11.8 Å². The van der Waals surface area contributed by atoms with Gasteiger partial charge >= 0.3 is 0 Å². The molecule has 0 saturated heterocycles. The van der Waals surface area contributed by atoms with Crippen molar-refractivity contribution < 1.29 is 4.57 Å². The van der Waals surface area contributed by atoms with Gasteiger partial charge in [-0.05, 0) is 31.1 Å². The molecular weight excluding hydrogens is 227 g/mol. The Hall–Kier alpha value is 0.230. The van der Waals surface area contributed by atoms with Crippen molar-refractivity contribution in [1.82, 2.24) is 0 Å². The van der Waals surface area contributed by atoms with E-state index in [0.717, 1.165) is 30.3 Å². The summed E-state index contributed by atoms with van der Waals surface area (Å²) in [6, 6.07) is 0. The minimum absolute atomic E-state index is 0.773.